The van der Waals surface area contributed by atoms with Crippen molar-refractivity contribution in [3.05, 3.63) is 84.4 Å². The highest BCUT2D eigenvalue weighted by Crippen LogP contribution is 2.33. The Kier molecular flexibility index (Phi) is 7.95. The van der Waals surface area contributed by atoms with Crippen LogP contribution in [0.4, 0.5) is 5.69 Å². The molecule has 0 saturated heterocycles. The topological polar surface area (TPSA) is 84.9 Å². The van der Waals surface area contributed by atoms with Crippen molar-refractivity contribution in [1.82, 2.24) is 5.32 Å². The number of ether oxygens (including phenoxy) is 2. The molecular formula is C25H28N2O5S. The number of amides is 1. The minimum Gasteiger partial charge on any atom is -0.493 e. The summed E-state index contributed by atoms with van der Waals surface area (Å²) in [4.78, 5) is 13.1. The van der Waals surface area contributed by atoms with Crippen molar-refractivity contribution in [2.24, 2.45) is 0 Å². The van der Waals surface area contributed by atoms with Gasteiger partial charge in [0.25, 0.3) is 10.0 Å². The molecule has 3 aromatic carbocycles. The summed E-state index contributed by atoms with van der Waals surface area (Å²) in [6.07, 6.45) is 0.664. The number of hydrogen-bond donors (Lipinski definition) is 1. The van der Waals surface area contributed by atoms with Gasteiger partial charge in [-0.15, -0.1) is 0 Å². The van der Waals surface area contributed by atoms with Crippen LogP contribution in [0.15, 0.2) is 83.8 Å². The Balaban J connectivity index is 1.96. The summed E-state index contributed by atoms with van der Waals surface area (Å²) < 4.78 is 38.7. The van der Waals surface area contributed by atoms with Gasteiger partial charge in [0.15, 0.2) is 11.5 Å². The first kappa shape index (κ1) is 24.1. The van der Waals surface area contributed by atoms with E-state index in [9.17, 15) is 13.2 Å². The normalized spacial score (nSPS) is 12.0. The van der Waals surface area contributed by atoms with Gasteiger partial charge in [0.1, 0.15) is 6.54 Å². The quantitative estimate of drug-likeness (QED) is 0.483. The molecule has 1 amide bonds. The van der Waals surface area contributed by atoms with E-state index in [0.29, 0.717) is 23.6 Å². The lowest BCUT2D eigenvalue weighted by molar-refractivity contribution is -0.120. The predicted octanol–water partition coefficient (Wildman–Crippen LogP) is 4.17. The van der Waals surface area contributed by atoms with E-state index < -0.39 is 22.5 Å². The van der Waals surface area contributed by atoms with E-state index in [0.717, 1.165) is 9.87 Å². The van der Waals surface area contributed by atoms with Gasteiger partial charge in [-0.1, -0.05) is 55.5 Å². The maximum absolute atomic E-state index is 13.5. The highest BCUT2D eigenvalue weighted by atomic mass is 32.2. The second-order valence-corrected chi connectivity index (χ2v) is 9.17. The number of hydrogen-bond acceptors (Lipinski definition) is 5. The molecule has 0 aromatic heterocycles. The number of benzene rings is 3. The van der Waals surface area contributed by atoms with E-state index in [2.05, 4.69) is 5.32 Å². The summed E-state index contributed by atoms with van der Waals surface area (Å²) in [5, 5.41) is 2.96. The molecule has 0 aliphatic heterocycles. The number of anilines is 1. The standard InChI is InChI=1S/C25H28N2O5S/c1-4-22(19-11-7-5-8-12-19)26-25(28)18-27(33(29,30)21-13-9-6-10-14-21)20-15-16-23(31-2)24(17-20)32-3/h5-17,22H,4,18H2,1-3H3,(H,26,28). The number of carbonyl (C=O) groups is 1. The molecule has 0 bridgehead atoms. The molecule has 3 rings (SSSR count). The molecule has 0 heterocycles. The fraction of sp³-hybridized carbons (Fsp3) is 0.240. The van der Waals surface area contributed by atoms with Crippen LogP contribution in [-0.4, -0.2) is 35.1 Å². The van der Waals surface area contributed by atoms with Crippen LogP contribution < -0.4 is 19.1 Å². The molecule has 0 fully saturated rings. The Hall–Kier alpha value is -3.52. The first-order valence-electron chi connectivity index (χ1n) is 10.5. The van der Waals surface area contributed by atoms with Crippen LogP contribution in [0.1, 0.15) is 24.9 Å². The molecule has 0 spiro atoms. The summed E-state index contributed by atoms with van der Waals surface area (Å²) in [5.74, 6) is 0.400. The summed E-state index contributed by atoms with van der Waals surface area (Å²) >= 11 is 0. The second kappa shape index (κ2) is 10.9. The lowest BCUT2D eigenvalue weighted by atomic mass is 10.0. The first-order valence-corrected chi connectivity index (χ1v) is 12.0. The smallest absolute Gasteiger partial charge is 0.264 e. The van der Waals surface area contributed by atoms with Crippen molar-refractivity contribution < 1.29 is 22.7 Å². The molecule has 1 N–H and O–H groups in total. The zero-order chi connectivity index (χ0) is 23.8. The molecule has 0 radical (unpaired) electrons. The lowest BCUT2D eigenvalue weighted by Gasteiger charge is -2.26. The molecule has 0 aliphatic rings. The lowest BCUT2D eigenvalue weighted by Crippen LogP contribution is -2.42. The van der Waals surface area contributed by atoms with Crippen LogP contribution in [0.5, 0.6) is 11.5 Å². The molecule has 8 heteroatoms. The summed E-state index contributed by atoms with van der Waals surface area (Å²) in [7, 11) is -1.06. The van der Waals surface area contributed by atoms with E-state index in [1.807, 2.05) is 37.3 Å². The maximum Gasteiger partial charge on any atom is 0.264 e. The number of nitrogens with zero attached hydrogens (tertiary/aromatic N) is 1. The predicted molar refractivity (Wildman–Crippen MR) is 128 cm³/mol. The minimum absolute atomic E-state index is 0.0858. The zero-order valence-electron chi connectivity index (χ0n) is 18.9. The average molecular weight is 469 g/mol. The van der Waals surface area contributed by atoms with E-state index in [4.69, 9.17) is 9.47 Å². The molecule has 3 aromatic rings. The fourth-order valence-corrected chi connectivity index (χ4v) is 4.93. The molecule has 33 heavy (non-hydrogen) atoms. The fourth-order valence-electron chi connectivity index (χ4n) is 3.49. The van der Waals surface area contributed by atoms with Crippen LogP contribution >= 0.6 is 0 Å². The maximum atomic E-state index is 13.5. The van der Waals surface area contributed by atoms with Crippen LogP contribution in [-0.2, 0) is 14.8 Å². The largest absolute Gasteiger partial charge is 0.493 e. The second-order valence-electron chi connectivity index (χ2n) is 7.30. The molecule has 1 unspecified atom stereocenters. The van der Waals surface area contributed by atoms with Crippen molar-refractivity contribution >= 4 is 21.6 Å². The minimum atomic E-state index is -4.02. The monoisotopic (exact) mass is 468 g/mol. The van der Waals surface area contributed by atoms with Crippen LogP contribution in [0.2, 0.25) is 0 Å². The van der Waals surface area contributed by atoms with Gasteiger partial charge in [-0.2, -0.15) is 0 Å². The van der Waals surface area contributed by atoms with E-state index in [1.54, 1.807) is 36.4 Å². The van der Waals surface area contributed by atoms with E-state index in [-0.39, 0.29) is 10.9 Å². The van der Waals surface area contributed by atoms with Crippen molar-refractivity contribution in [1.29, 1.82) is 0 Å². The average Bonchev–Trinajstić information content (AvgIpc) is 2.86. The Morgan fingerprint density at radius 3 is 2.09 bits per heavy atom. The van der Waals surface area contributed by atoms with Crippen molar-refractivity contribution in [2.75, 3.05) is 25.1 Å². The van der Waals surface area contributed by atoms with Gasteiger partial charge in [0.2, 0.25) is 5.91 Å². The molecule has 1 atom stereocenters. The van der Waals surface area contributed by atoms with Gasteiger partial charge in [-0.3, -0.25) is 9.10 Å². The third kappa shape index (κ3) is 5.64. The Bertz CT molecular complexity index is 1170. The Morgan fingerprint density at radius 1 is 0.909 bits per heavy atom. The van der Waals surface area contributed by atoms with Gasteiger partial charge in [0, 0.05) is 6.07 Å². The number of rotatable bonds is 10. The molecule has 174 valence electrons. The van der Waals surface area contributed by atoms with Gasteiger partial charge in [0.05, 0.1) is 30.8 Å². The molecule has 0 saturated carbocycles. The van der Waals surface area contributed by atoms with Crippen molar-refractivity contribution in [3.8, 4) is 11.5 Å². The van der Waals surface area contributed by atoms with Gasteiger partial charge < -0.3 is 14.8 Å². The third-order valence-electron chi connectivity index (χ3n) is 5.22. The zero-order valence-corrected chi connectivity index (χ0v) is 19.7. The van der Waals surface area contributed by atoms with Gasteiger partial charge in [-0.05, 0) is 36.2 Å². The Morgan fingerprint density at radius 2 is 1.52 bits per heavy atom. The van der Waals surface area contributed by atoms with Gasteiger partial charge in [-0.25, -0.2) is 8.42 Å². The highest BCUT2D eigenvalue weighted by molar-refractivity contribution is 7.92. The summed E-state index contributed by atoms with van der Waals surface area (Å²) in [6, 6.07) is 22.1. The van der Waals surface area contributed by atoms with E-state index >= 15 is 0 Å². The van der Waals surface area contributed by atoms with Crippen LogP contribution in [0.25, 0.3) is 0 Å². The van der Waals surface area contributed by atoms with Crippen molar-refractivity contribution in [3.63, 3.8) is 0 Å². The van der Waals surface area contributed by atoms with Crippen LogP contribution in [0, 0.1) is 0 Å². The molecule has 0 aliphatic carbocycles. The number of carbonyl (C=O) groups excluding carboxylic acids is 1. The summed E-state index contributed by atoms with van der Waals surface area (Å²) in [5.41, 5.74) is 1.25. The molecule has 7 nitrogen and oxygen atoms in total. The highest BCUT2D eigenvalue weighted by Gasteiger charge is 2.28. The summed E-state index contributed by atoms with van der Waals surface area (Å²) in [6.45, 7) is 1.57. The first-order chi connectivity index (χ1) is 15.9. The van der Waals surface area contributed by atoms with Crippen LogP contribution in [0.3, 0.4) is 0 Å². The third-order valence-corrected chi connectivity index (χ3v) is 7.01. The van der Waals surface area contributed by atoms with Gasteiger partial charge >= 0.3 is 0 Å². The number of sulfonamides is 1. The molecular weight excluding hydrogens is 440 g/mol. The number of methoxy groups -OCH3 is 2. The SMILES string of the molecule is CCC(NC(=O)CN(c1ccc(OC)c(OC)c1)S(=O)(=O)c1ccccc1)c1ccccc1. The Labute approximate surface area is 195 Å². The van der Waals surface area contributed by atoms with E-state index in [1.165, 1.54) is 26.4 Å². The number of nitrogens with one attached hydrogen (secondary N) is 1. The van der Waals surface area contributed by atoms with Crippen molar-refractivity contribution in [2.45, 2.75) is 24.3 Å².